The summed E-state index contributed by atoms with van der Waals surface area (Å²) in [5, 5.41) is 22.3. The summed E-state index contributed by atoms with van der Waals surface area (Å²) < 4.78 is 69.6. The van der Waals surface area contributed by atoms with E-state index in [0.29, 0.717) is 25.1 Å². The number of hydrazone groups is 1. The summed E-state index contributed by atoms with van der Waals surface area (Å²) >= 11 is 22.7. The molecule has 0 aliphatic heterocycles. The number of phenols is 1. The van der Waals surface area contributed by atoms with Gasteiger partial charge in [0.25, 0.3) is 32.1 Å². The van der Waals surface area contributed by atoms with Crippen LogP contribution in [-0.2, 0) is 36.2 Å². The molecule has 0 fully saturated rings. The van der Waals surface area contributed by atoms with Crippen molar-refractivity contribution in [2.75, 3.05) is 17.7 Å². The predicted octanol–water partition coefficient (Wildman–Crippen LogP) is 5.48. The lowest BCUT2D eigenvalue weighted by atomic mass is 9.98. The number of anilines is 2. The first-order valence-electron chi connectivity index (χ1n) is 15.8. The first-order chi connectivity index (χ1) is 26.7. The Labute approximate surface area is 359 Å². The number of carbonyl (C=O) groups excluding carboxylic acids is 2. The normalized spacial score (nSPS) is 12.2. The van der Waals surface area contributed by atoms with E-state index >= 15 is 0 Å². The molecule has 0 saturated carbocycles. The molecule has 0 bridgehead atoms. The minimum absolute atomic E-state index is 0.0169. The van der Waals surface area contributed by atoms with E-state index in [2.05, 4.69) is 69.2 Å². The molecule has 0 radical (unpaired) electrons. The molecule has 9 N–H and O–H groups in total. The Kier molecular flexibility index (Phi) is 15.7. The van der Waals surface area contributed by atoms with Gasteiger partial charge in [-0.25, -0.2) is 5.43 Å². The van der Waals surface area contributed by atoms with E-state index < -0.39 is 47.8 Å². The number of nitrogens with zero attached hydrogens (tertiary/aromatic N) is 1. The largest absolute Gasteiger partial charge is 0.506 e. The van der Waals surface area contributed by atoms with Gasteiger partial charge in [0.15, 0.2) is 10.2 Å². The van der Waals surface area contributed by atoms with Crippen molar-refractivity contribution in [3.63, 3.8) is 0 Å². The molecule has 0 heterocycles. The van der Waals surface area contributed by atoms with Crippen molar-refractivity contribution < 1.29 is 40.6 Å². The maximum absolute atomic E-state index is 13.3. The Morgan fingerprint density at radius 3 is 1.79 bits per heavy atom. The average molecular weight is 1000 g/mol. The highest BCUT2D eigenvalue weighted by molar-refractivity contribution is 9.11. The highest BCUT2D eigenvalue weighted by atomic mass is 79.9. The first kappa shape index (κ1) is 45.2. The van der Waals surface area contributed by atoms with Gasteiger partial charge in [0.1, 0.15) is 21.5 Å². The topological polar surface area (TPSA) is 248 Å². The van der Waals surface area contributed by atoms with Crippen LogP contribution in [0.5, 0.6) is 5.75 Å². The smallest absolute Gasteiger partial charge is 0.295 e. The van der Waals surface area contributed by atoms with Gasteiger partial charge in [0, 0.05) is 23.4 Å². The maximum atomic E-state index is 13.3. The number of nitrogens with one attached hydrogen (secondary N) is 6. The number of hydrazine groups is 1. The summed E-state index contributed by atoms with van der Waals surface area (Å²) in [6, 6.07) is 17.2. The monoisotopic (exact) mass is 1000 g/mol. The predicted molar refractivity (Wildman–Crippen MR) is 232 cm³/mol. The summed E-state index contributed by atoms with van der Waals surface area (Å²) in [5.74, 6) is -2.99. The molecule has 300 valence electrons. The molecule has 0 aliphatic rings. The standard InChI is InChI=1S/C34H30Br2ClN7O9S4/c1-38-33(54)40-23-10-6-20(28(15-23)56(48,49)50)4-5-21-7-11-24(16-29(21)57(51,52)53)41-34(55)44-43-32(47)25(12-18-2-8-22(37)9-3-18)31(46)42-39-17-19-13-26(35)30(45)27(36)14-19/h2-11,13-17,25,45H,12H2,1H3,(H,42,46)(H,43,47)(H2,38,40,54)(H2,41,44,55)(H,48,49,50)(H,51,52,53)/b5-4+,39-17+. The molecule has 1 unspecified atom stereocenters. The van der Waals surface area contributed by atoms with Crippen LogP contribution >= 0.6 is 67.9 Å². The first-order valence-corrected chi connectivity index (χ1v) is 21.4. The second-order valence-corrected chi connectivity index (χ2v) is 17.3. The van der Waals surface area contributed by atoms with Crippen molar-refractivity contribution >= 4 is 140 Å². The summed E-state index contributed by atoms with van der Waals surface area (Å²) in [6.07, 6.45) is 3.65. The van der Waals surface area contributed by atoms with E-state index in [1.165, 1.54) is 42.6 Å². The van der Waals surface area contributed by atoms with Crippen LogP contribution in [0.15, 0.2) is 96.6 Å². The van der Waals surface area contributed by atoms with Gasteiger partial charge in [-0.3, -0.25) is 29.5 Å². The third kappa shape index (κ3) is 13.3. The Morgan fingerprint density at radius 1 is 0.789 bits per heavy atom. The number of hydrogen-bond acceptors (Lipinski definition) is 10. The van der Waals surface area contributed by atoms with E-state index in [0.717, 1.165) is 12.1 Å². The average Bonchev–Trinajstić information content (AvgIpc) is 3.14. The molecule has 2 amide bonds. The fourth-order valence-electron chi connectivity index (χ4n) is 4.76. The molecule has 4 rings (SSSR count). The van der Waals surface area contributed by atoms with E-state index in [1.807, 2.05) is 0 Å². The summed E-state index contributed by atoms with van der Waals surface area (Å²) in [6.45, 7) is 0. The highest BCUT2D eigenvalue weighted by Crippen LogP contribution is 2.33. The number of aromatic hydroxyl groups is 1. The molecular formula is C34H30Br2ClN7O9S4. The number of halogens is 3. The maximum Gasteiger partial charge on any atom is 0.295 e. The van der Waals surface area contributed by atoms with Crippen molar-refractivity contribution in [1.29, 1.82) is 0 Å². The minimum Gasteiger partial charge on any atom is -0.506 e. The molecule has 4 aromatic carbocycles. The van der Waals surface area contributed by atoms with E-state index in [9.17, 15) is 40.6 Å². The lowest BCUT2D eigenvalue weighted by molar-refractivity contribution is -0.135. The zero-order valence-electron chi connectivity index (χ0n) is 28.9. The molecule has 16 nitrogen and oxygen atoms in total. The van der Waals surface area contributed by atoms with Crippen LogP contribution in [0.4, 0.5) is 11.4 Å². The molecule has 23 heteroatoms. The number of carbonyl (C=O) groups is 2. The van der Waals surface area contributed by atoms with Gasteiger partial charge in [-0.15, -0.1) is 0 Å². The Bertz CT molecular complexity index is 2490. The quantitative estimate of drug-likeness (QED) is 0.0213. The van der Waals surface area contributed by atoms with Crippen LogP contribution in [0.3, 0.4) is 0 Å². The fourth-order valence-corrected chi connectivity index (χ4v) is 7.81. The number of phenolic OH excluding ortho intramolecular Hbond substituents is 1. The third-order valence-corrected chi connectivity index (χ3v) is 11.3. The molecule has 0 aromatic heterocycles. The van der Waals surface area contributed by atoms with Gasteiger partial charge < -0.3 is 21.1 Å². The van der Waals surface area contributed by atoms with E-state index in [-0.39, 0.29) is 44.9 Å². The molecule has 0 saturated heterocycles. The van der Waals surface area contributed by atoms with Crippen LogP contribution in [0.25, 0.3) is 12.2 Å². The van der Waals surface area contributed by atoms with Gasteiger partial charge in [-0.1, -0.05) is 48.0 Å². The second-order valence-electron chi connectivity index (χ2n) is 11.5. The Hall–Kier alpha value is -4.52. The lowest BCUT2D eigenvalue weighted by Crippen LogP contribution is -2.49. The van der Waals surface area contributed by atoms with Gasteiger partial charge in [-0.2, -0.15) is 21.9 Å². The molecule has 57 heavy (non-hydrogen) atoms. The second kappa shape index (κ2) is 19.8. The van der Waals surface area contributed by atoms with Crippen LogP contribution in [0, 0.1) is 5.92 Å². The number of rotatable bonds is 12. The molecule has 0 aliphatic carbocycles. The zero-order valence-corrected chi connectivity index (χ0v) is 36.1. The third-order valence-electron chi connectivity index (χ3n) is 7.48. The molecule has 1 atom stereocenters. The Morgan fingerprint density at radius 2 is 1.30 bits per heavy atom. The van der Waals surface area contributed by atoms with Crippen molar-refractivity contribution in [2.24, 2.45) is 11.0 Å². The zero-order chi connectivity index (χ0) is 42.1. The molecule has 4 aromatic rings. The van der Waals surface area contributed by atoms with Gasteiger partial charge >= 0.3 is 0 Å². The highest BCUT2D eigenvalue weighted by Gasteiger charge is 2.27. The minimum atomic E-state index is -4.87. The number of hydrogen-bond donors (Lipinski definition) is 9. The van der Waals surface area contributed by atoms with Gasteiger partial charge in [-0.05, 0) is 134 Å². The number of amides is 2. The summed E-state index contributed by atoms with van der Waals surface area (Å²) in [4.78, 5) is 25.4. The van der Waals surface area contributed by atoms with Crippen molar-refractivity contribution in [3.05, 3.63) is 109 Å². The van der Waals surface area contributed by atoms with Crippen LogP contribution in [0.2, 0.25) is 5.02 Å². The molecule has 0 spiro atoms. The number of benzene rings is 4. The Balaban J connectivity index is 1.49. The van der Waals surface area contributed by atoms with Crippen molar-refractivity contribution in [1.82, 2.24) is 21.6 Å². The van der Waals surface area contributed by atoms with E-state index in [4.69, 9.17) is 36.0 Å². The van der Waals surface area contributed by atoms with Crippen LogP contribution in [0.1, 0.15) is 22.3 Å². The lowest BCUT2D eigenvalue weighted by Gasteiger charge is -2.17. The van der Waals surface area contributed by atoms with Crippen molar-refractivity contribution in [2.45, 2.75) is 16.2 Å². The SMILES string of the molecule is CNC(=S)Nc1ccc(/C=C/c2ccc(NC(=S)NNC(=O)C(Cc3ccc(Cl)cc3)C(=O)N/N=C/c3cc(Br)c(O)c(Br)c3)cc2S(=O)(=O)O)c(S(=O)(=O)O)c1. The fraction of sp³-hybridized carbons (Fsp3) is 0.0882. The van der Waals surface area contributed by atoms with Gasteiger partial charge in [0.2, 0.25) is 0 Å². The van der Waals surface area contributed by atoms with Crippen molar-refractivity contribution in [3.8, 4) is 5.75 Å². The van der Waals surface area contributed by atoms with Gasteiger partial charge in [0.05, 0.1) is 15.2 Å². The molecular weight excluding hydrogens is 974 g/mol. The summed E-state index contributed by atoms with van der Waals surface area (Å²) in [7, 11) is -8.07. The number of thiocarbonyl (C=S) groups is 2. The van der Waals surface area contributed by atoms with Crippen LogP contribution in [-0.4, -0.2) is 66.3 Å². The van der Waals surface area contributed by atoms with Crippen LogP contribution < -0.4 is 32.2 Å². The summed E-state index contributed by atoms with van der Waals surface area (Å²) in [5.41, 5.74) is 8.41. The van der Waals surface area contributed by atoms with E-state index in [1.54, 1.807) is 43.4 Å².